The highest BCUT2D eigenvalue weighted by Crippen LogP contribution is 2.38. The average molecular weight is 665 g/mol. The summed E-state index contributed by atoms with van der Waals surface area (Å²) in [4.78, 5) is 36.8. The first-order valence-corrected chi connectivity index (χ1v) is 17.5. The molecule has 2 N–H and O–H groups in total. The first kappa shape index (κ1) is 40.6. The molecule has 0 aromatic heterocycles. The van der Waals surface area contributed by atoms with E-state index in [1.54, 1.807) is 6.92 Å². The molecule has 48 heavy (non-hydrogen) atoms. The van der Waals surface area contributed by atoms with Crippen molar-refractivity contribution in [3.05, 3.63) is 48.0 Å². The second-order valence-corrected chi connectivity index (χ2v) is 13.3. The zero-order valence-electron chi connectivity index (χ0n) is 28.8. The topological polar surface area (TPSA) is 119 Å². The maximum Gasteiger partial charge on any atom is 0.305 e. The van der Waals surface area contributed by atoms with Crippen LogP contribution < -0.4 is 0 Å². The number of aliphatic hydroxyl groups is 2. The van der Waals surface area contributed by atoms with Crippen molar-refractivity contribution >= 4 is 17.9 Å². The molecule has 0 bridgehead atoms. The van der Waals surface area contributed by atoms with Crippen molar-refractivity contribution in [2.24, 2.45) is 17.3 Å². The van der Waals surface area contributed by atoms with Crippen molar-refractivity contribution in [3.8, 4) is 24.7 Å². The summed E-state index contributed by atoms with van der Waals surface area (Å²) in [5, 5.41) is 21.1. The van der Waals surface area contributed by atoms with E-state index in [0.717, 1.165) is 44.9 Å². The zero-order chi connectivity index (χ0) is 35.0. The summed E-state index contributed by atoms with van der Waals surface area (Å²) in [7, 11) is 0. The van der Waals surface area contributed by atoms with Crippen LogP contribution in [0.5, 0.6) is 0 Å². The first-order chi connectivity index (χ1) is 23.2. The number of ether oxygens (including phenoxy) is 3. The smallest absolute Gasteiger partial charge is 0.305 e. The number of aryl methyl sites for hydroxylation is 1. The highest BCUT2D eigenvalue weighted by atomic mass is 16.6. The number of unbranched alkanes of at least 4 members (excludes halogenated alkanes) is 3. The Bertz CT molecular complexity index is 1160. The van der Waals surface area contributed by atoms with Gasteiger partial charge in [0.25, 0.3) is 0 Å². The molecule has 8 heteroatoms. The lowest BCUT2D eigenvalue weighted by Gasteiger charge is -2.28. The summed E-state index contributed by atoms with van der Waals surface area (Å²) in [6, 6.07) is 10.2. The normalized spacial score (nSPS) is 18.1. The Morgan fingerprint density at radius 1 is 0.875 bits per heavy atom. The molecular weight excluding hydrogens is 608 g/mol. The predicted molar refractivity (Wildman–Crippen MR) is 186 cm³/mol. The molecule has 1 fully saturated rings. The Hall–Kier alpha value is -3.59. The number of carbonyl (C=O) groups is 3. The Balaban J connectivity index is 1.72. The number of hydrogen-bond acceptors (Lipinski definition) is 8. The van der Waals surface area contributed by atoms with Gasteiger partial charge >= 0.3 is 17.9 Å². The van der Waals surface area contributed by atoms with Crippen LogP contribution in [0.2, 0.25) is 0 Å². The third-order valence-electron chi connectivity index (χ3n) is 8.89. The van der Waals surface area contributed by atoms with E-state index >= 15 is 0 Å². The minimum Gasteiger partial charge on any atom is -0.465 e. The third kappa shape index (κ3) is 17.5. The van der Waals surface area contributed by atoms with Gasteiger partial charge in [-0.15, -0.1) is 24.7 Å². The SMILES string of the molecule is C#CCCCC(=O)OCC(C)(COC(=O)CCCC#C)COC(=O)CCC/C=C\C[C@@H]1[C@@H](CC[C@@H](O)CCc2ccccc2)CC[C@@H]1O. The standard InChI is InChI=1S/C40H56O8/c1-4-6-11-20-37(43)46-29-40(3,30-47-38(44)21-12-7-5-2)31-48-39(45)22-16-9-8-15-19-35-33(25-28-36(35)42)24-27-34(41)26-23-32-17-13-10-14-18-32/h1-2,8,10,13-15,17-18,33-36,41-42H,6-7,9,11-12,16,19-31H2,3H3/b15-8-/t33-,34-,35+,36-/m0/s1. The number of terminal acetylenes is 2. The van der Waals surface area contributed by atoms with Crippen LogP contribution in [0.25, 0.3) is 0 Å². The molecule has 0 heterocycles. The van der Waals surface area contributed by atoms with Crippen LogP contribution in [0.15, 0.2) is 42.5 Å². The molecule has 8 nitrogen and oxygen atoms in total. The summed E-state index contributed by atoms with van der Waals surface area (Å²) < 4.78 is 16.3. The number of aliphatic hydroxyl groups excluding tert-OH is 2. The molecule has 1 saturated carbocycles. The van der Waals surface area contributed by atoms with Gasteiger partial charge in [0.1, 0.15) is 19.8 Å². The fourth-order valence-corrected chi connectivity index (χ4v) is 5.87. The molecule has 1 aromatic rings. The van der Waals surface area contributed by atoms with E-state index in [2.05, 4.69) is 30.0 Å². The number of benzene rings is 1. The Kier molecular flexibility index (Phi) is 20.0. The molecule has 2 rings (SSSR count). The largest absolute Gasteiger partial charge is 0.465 e. The van der Waals surface area contributed by atoms with Crippen molar-refractivity contribution in [3.63, 3.8) is 0 Å². The molecule has 0 saturated heterocycles. The molecule has 0 spiro atoms. The lowest BCUT2D eigenvalue weighted by Crippen LogP contribution is -2.37. The van der Waals surface area contributed by atoms with Gasteiger partial charge in [-0.3, -0.25) is 14.4 Å². The van der Waals surface area contributed by atoms with E-state index in [1.165, 1.54) is 5.56 Å². The van der Waals surface area contributed by atoms with Gasteiger partial charge in [0.05, 0.1) is 17.6 Å². The van der Waals surface area contributed by atoms with Crippen LogP contribution in [-0.4, -0.2) is 60.1 Å². The number of esters is 3. The number of hydrogen-bond donors (Lipinski definition) is 2. The summed E-state index contributed by atoms with van der Waals surface area (Å²) in [6.45, 7) is 1.52. The molecule has 0 aliphatic heterocycles. The minimum absolute atomic E-state index is 0.0706. The lowest BCUT2D eigenvalue weighted by molar-refractivity contribution is -0.160. The highest BCUT2D eigenvalue weighted by molar-refractivity contribution is 5.70. The average Bonchev–Trinajstić information content (AvgIpc) is 3.44. The third-order valence-corrected chi connectivity index (χ3v) is 8.89. The van der Waals surface area contributed by atoms with Crippen LogP contribution in [0.1, 0.15) is 109 Å². The van der Waals surface area contributed by atoms with E-state index in [1.807, 2.05) is 24.3 Å². The molecule has 264 valence electrons. The summed E-state index contributed by atoms with van der Waals surface area (Å²) in [5.41, 5.74) is 0.328. The molecule has 0 amide bonds. The Morgan fingerprint density at radius 3 is 2.00 bits per heavy atom. The van der Waals surface area contributed by atoms with Crippen LogP contribution in [0.4, 0.5) is 0 Å². The second kappa shape index (κ2) is 23.7. The predicted octanol–water partition coefficient (Wildman–Crippen LogP) is 6.51. The first-order valence-electron chi connectivity index (χ1n) is 17.5. The molecule has 0 radical (unpaired) electrons. The summed E-state index contributed by atoms with van der Waals surface area (Å²) >= 11 is 0. The van der Waals surface area contributed by atoms with Gasteiger partial charge in [-0.25, -0.2) is 0 Å². The van der Waals surface area contributed by atoms with Gasteiger partial charge in [0.2, 0.25) is 0 Å². The van der Waals surface area contributed by atoms with Gasteiger partial charge < -0.3 is 24.4 Å². The van der Waals surface area contributed by atoms with Crippen LogP contribution in [0, 0.1) is 41.9 Å². The zero-order valence-corrected chi connectivity index (χ0v) is 28.8. The second-order valence-electron chi connectivity index (χ2n) is 13.3. The summed E-state index contributed by atoms with van der Waals surface area (Å²) in [5.74, 6) is 4.34. The monoisotopic (exact) mass is 664 g/mol. The Morgan fingerprint density at radius 2 is 1.44 bits per heavy atom. The number of rotatable bonds is 24. The minimum atomic E-state index is -0.907. The molecule has 4 atom stereocenters. The van der Waals surface area contributed by atoms with E-state index in [9.17, 15) is 24.6 Å². The van der Waals surface area contributed by atoms with E-state index in [0.29, 0.717) is 44.4 Å². The Labute approximate surface area is 288 Å². The molecule has 1 aliphatic carbocycles. The van der Waals surface area contributed by atoms with Crippen LogP contribution in [0.3, 0.4) is 0 Å². The van der Waals surface area contributed by atoms with Gasteiger partial charge in [0, 0.05) is 32.1 Å². The van der Waals surface area contributed by atoms with Gasteiger partial charge in [0.15, 0.2) is 0 Å². The van der Waals surface area contributed by atoms with Crippen molar-refractivity contribution in [2.75, 3.05) is 19.8 Å². The van der Waals surface area contributed by atoms with Crippen molar-refractivity contribution in [1.82, 2.24) is 0 Å². The van der Waals surface area contributed by atoms with Crippen molar-refractivity contribution in [1.29, 1.82) is 0 Å². The lowest BCUT2D eigenvalue weighted by atomic mass is 9.86. The number of carbonyl (C=O) groups excluding carboxylic acids is 3. The van der Waals surface area contributed by atoms with Gasteiger partial charge in [-0.05, 0) is 95.0 Å². The maximum atomic E-state index is 12.5. The van der Waals surface area contributed by atoms with Crippen molar-refractivity contribution < 1.29 is 38.8 Å². The van der Waals surface area contributed by atoms with Gasteiger partial charge in [-0.2, -0.15) is 0 Å². The maximum absolute atomic E-state index is 12.5. The summed E-state index contributed by atoms with van der Waals surface area (Å²) in [6.07, 6.45) is 23.6. The highest BCUT2D eigenvalue weighted by Gasteiger charge is 2.34. The van der Waals surface area contributed by atoms with Crippen LogP contribution in [-0.2, 0) is 35.0 Å². The molecule has 1 aliphatic rings. The van der Waals surface area contributed by atoms with E-state index in [-0.39, 0.29) is 63.2 Å². The van der Waals surface area contributed by atoms with Crippen molar-refractivity contribution in [2.45, 2.75) is 122 Å². The number of allylic oxidation sites excluding steroid dienone is 2. The fraction of sp³-hybridized carbons (Fsp3) is 0.625. The molecular formula is C40H56O8. The molecule has 1 aromatic carbocycles. The molecule has 0 unspecified atom stereocenters. The van der Waals surface area contributed by atoms with Gasteiger partial charge in [-0.1, -0.05) is 42.5 Å². The van der Waals surface area contributed by atoms with E-state index in [4.69, 9.17) is 27.1 Å². The van der Waals surface area contributed by atoms with Crippen LogP contribution >= 0.6 is 0 Å². The fourth-order valence-electron chi connectivity index (χ4n) is 5.87. The van der Waals surface area contributed by atoms with E-state index < -0.39 is 17.4 Å². The quantitative estimate of drug-likeness (QED) is 0.0422.